The van der Waals surface area contributed by atoms with E-state index >= 15 is 0 Å². The topological polar surface area (TPSA) is 58.9 Å². The minimum absolute atomic E-state index is 0.0883. The van der Waals surface area contributed by atoms with E-state index in [1.807, 2.05) is 6.07 Å². The summed E-state index contributed by atoms with van der Waals surface area (Å²) >= 11 is 0. The normalized spacial score (nSPS) is 12.5. The van der Waals surface area contributed by atoms with Gasteiger partial charge in [-0.25, -0.2) is 0 Å². The minimum atomic E-state index is 0.0883. The van der Waals surface area contributed by atoms with Crippen LogP contribution in [0.3, 0.4) is 0 Å². The molecule has 0 fully saturated rings. The van der Waals surface area contributed by atoms with Crippen molar-refractivity contribution in [1.29, 1.82) is 0 Å². The van der Waals surface area contributed by atoms with Crippen LogP contribution < -0.4 is 9.47 Å². The molecule has 2 aromatic carbocycles. The minimum Gasteiger partial charge on any atom is -0.508 e. The van der Waals surface area contributed by atoms with Crippen LogP contribution >= 0.6 is 0 Å². The fourth-order valence-corrected chi connectivity index (χ4v) is 2.86. The third-order valence-corrected chi connectivity index (χ3v) is 3.73. The van der Waals surface area contributed by atoms with Gasteiger partial charge in [-0.1, -0.05) is 6.07 Å². The van der Waals surface area contributed by atoms with Gasteiger partial charge in [-0.15, -0.1) is 0 Å². The number of aromatic hydroxyl groups is 2. The van der Waals surface area contributed by atoms with E-state index < -0.39 is 0 Å². The first-order chi connectivity index (χ1) is 9.65. The molecule has 0 spiro atoms. The van der Waals surface area contributed by atoms with Crippen LogP contribution in [-0.2, 0) is 12.8 Å². The Morgan fingerprint density at radius 3 is 2.30 bits per heavy atom. The van der Waals surface area contributed by atoms with Crippen molar-refractivity contribution in [3.05, 3.63) is 35.4 Å². The molecular weight excluding hydrogens is 256 g/mol. The quantitative estimate of drug-likeness (QED) is 0.882. The van der Waals surface area contributed by atoms with E-state index in [0.29, 0.717) is 11.5 Å². The Bertz CT molecular complexity index is 677. The number of ether oxygens (including phenoxy) is 2. The van der Waals surface area contributed by atoms with Crippen molar-refractivity contribution in [2.24, 2.45) is 0 Å². The SMILES string of the molecule is COc1c(O)cc2c(c1OC)-c1ccc(O)cc1CC2. The molecule has 1 aliphatic rings. The standard InChI is InChI=1S/C16H16O4/c1-19-15-13(18)8-10-4-3-9-7-11(17)5-6-12(9)14(10)16(15)20-2/h5-8,17-18H,3-4H2,1-2H3. The lowest BCUT2D eigenvalue weighted by molar-refractivity contribution is 0.333. The molecule has 0 atom stereocenters. The second kappa shape index (κ2) is 4.63. The number of hydrogen-bond acceptors (Lipinski definition) is 4. The van der Waals surface area contributed by atoms with Crippen LogP contribution in [0.1, 0.15) is 11.1 Å². The second-order valence-electron chi connectivity index (χ2n) is 4.84. The summed E-state index contributed by atoms with van der Waals surface area (Å²) in [4.78, 5) is 0. The average molecular weight is 272 g/mol. The molecule has 0 aliphatic heterocycles. The molecule has 0 bridgehead atoms. The van der Waals surface area contributed by atoms with E-state index in [1.165, 1.54) is 7.11 Å². The number of fused-ring (bicyclic) bond motifs is 3. The monoisotopic (exact) mass is 272 g/mol. The Hall–Kier alpha value is -2.36. The third-order valence-electron chi connectivity index (χ3n) is 3.73. The van der Waals surface area contributed by atoms with Gasteiger partial charge in [0, 0.05) is 5.56 Å². The summed E-state index contributed by atoms with van der Waals surface area (Å²) in [6.07, 6.45) is 1.62. The molecule has 0 aromatic heterocycles. The van der Waals surface area contributed by atoms with Crippen LogP contribution in [-0.4, -0.2) is 24.4 Å². The molecule has 3 rings (SSSR count). The summed E-state index contributed by atoms with van der Waals surface area (Å²) in [5, 5.41) is 19.6. The summed E-state index contributed by atoms with van der Waals surface area (Å²) in [6, 6.07) is 7.04. The number of phenols is 2. The number of hydrogen-bond donors (Lipinski definition) is 2. The van der Waals surface area contributed by atoms with Crippen molar-refractivity contribution in [2.75, 3.05) is 14.2 Å². The predicted octanol–water partition coefficient (Wildman–Crippen LogP) is 2.88. The fraction of sp³-hybridized carbons (Fsp3) is 0.250. The molecule has 0 radical (unpaired) electrons. The zero-order valence-corrected chi connectivity index (χ0v) is 11.4. The van der Waals surface area contributed by atoms with Gasteiger partial charge >= 0.3 is 0 Å². The Kier molecular flexibility index (Phi) is 2.93. The van der Waals surface area contributed by atoms with E-state index in [1.54, 1.807) is 25.3 Å². The van der Waals surface area contributed by atoms with E-state index in [2.05, 4.69) is 0 Å². The maximum absolute atomic E-state index is 10.0. The molecule has 2 N–H and O–H groups in total. The summed E-state index contributed by atoms with van der Waals surface area (Å²) < 4.78 is 10.7. The molecule has 0 unspecified atom stereocenters. The lowest BCUT2D eigenvalue weighted by Gasteiger charge is -2.24. The molecule has 104 valence electrons. The van der Waals surface area contributed by atoms with E-state index in [-0.39, 0.29) is 11.5 Å². The van der Waals surface area contributed by atoms with E-state index in [0.717, 1.165) is 35.1 Å². The van der Waals surface area contributed by atoms with Crippen molar-refractivity contribution < 1.29 is 19.7 Å². The van der Waals surface area contributed by atoms with Gasteiger partial charge in [0.25, 0.3) is 0 Å². The highest BCUT2D eigenvalue weighted by atomic mass is 16.5. The van der Waals surface area contributed by atoms with Crippen molar-refractivity contribution >= 4 is 0 Å². The lowest BCUT2D eigenvalue weighted by Crippen LogP contribution is -2.06. The van der Waals surface area contributed by atoms with Crippen LogP contribution in [0.4, 0.5) is 0 Å². The number of rotatable bonds is 2. The predicted molar refractivity (Wildman–Crippen MR) is 75.7 cm³/mol. The second-order valence-corrected chi connectivity index (χ2v) is 4.84. The van der Waals surface area contributed by atoms with Crippen LogP contribution in [0.15, 0.2) is 24.3 Å². The third kappa shape index (κ3) is 1.76. The molecule has 0 amide bonds. The summed E-state index contributed by atoms with van der Waals surface area (Å²) in [7, 11) is 3.07. The first kappa shape index (κ1) is 12.7. The fourth-order valence-electron chi connectivity index (χ4n) is 2.86. The summed E-state index contributed by atoms with van der Waals surface area (Å²) in [6.45, 7) is 0. The Morgan fingerprint density at radius 2 is 1.60 bits per heavy atom. The van der Waals surface area contributed by atoms with Gasteiger partial charge in [-0.2, -0.15) is 0 Å². The maximum Gasteiger partial charge on any atom is 0.203 e. The molecular formula is C16H16O4. The molecule has 0 saturated heterocycles. The number of aryl methyl sites for hydroxylation is 2. The van der Waals surface area contributed by atoms with Crippen molar-refractivity contribution in [2.45, 2.75) is 12.8 Å². The largest absolute Gasteiger partial charge is 0.508 e. The maximum atomic E-state index is 10.0. The summed E-state index contributed by atoms with van der Waals surface area (Å²) in [5.41, 5.74) is 4.05. The van der Waals surface area contributed by atoms with Crippen molar-refractivity contribution in [3.8, 4) is 34.1 Å². The lowest BCUT2D eigenvalue weighted by atomic mass is 9.84. The Labute approximate surface area is 117 Å². The highest BCUT2D eigenvalue weighted by molar-refractivity contribution is 5.83. The average Bonchev–Trinajstić information content (AvgIpc) is 2.45. The molecule has 20 heavy (non-hydrogen) atoms. The first-order valence-corrected chi connectivity index (χ1v) is 6.44. The number of benzene rings is 2. The van der Waals surface area contributed by atoms with Gasteiger partial charge < -0.3 is 19.7 Å². The van der Waals surface area contributed by atoms with Gasteiger partial charge in [0.15, 0.2) is 11.5 Å². The van der Waals surface area contributed by atoms with Crippen LogP contribution in [0.25, 0.3) is 11.1 Å². The number of phenolic OH excluding ortho intramolecular Hbond substituents is 2. The van der Waals surface area contributed by atoms with Gasteiger partial charge in [0.2, 0.25) is 5.75 Å². The highest BCUT2D eigenvalue weighted by Crippen LogP contribution is 2.49. The Morgan fingerprint density at radius 1 is 0.900 bits per heavy atom. The molecule has 2 aromatic rings. The van der Waals surface area contributed by atoms with Gasteiger partial charge in [-0.3, -0.25) is 0 Å². The van der Waals surface area contributed by atoms with Crippen LogP contribution in [0, 0.1) is 0 Å². The van der Waals surface area contributed by atoms with Crippen molar-refractivity contribution in [1.82, 2.24) is 0 Å². The van der Waals surface area contributed by atoms with E-state index in [9.17, 15) is 10.2 Å². The van der Waals surface area contributed by atoms with Gasteiger partial charge in [0.05, 0.1) is 14.2 Å². The van der Waals surface area contributed by atoms with E-state index in [4.69, 9.17) is 9.47 Å². The Balaban J connectivity index is 2.32. The summed E-state index contributed by atoms with van der Waals surface area (Å²) in [5.74, 6) is 1.23. The molecule has 0 heterocycles. The zero-order valence-electron chi connectivity index (χ0n) is 11.4. The van der Waals surface area contributed by atoms with Crippen molar-refractivity contribution in [3.63, 3.8) is 0 Å². The zero-order chi connectivity index (χ0) is 14.3. The van der Waals surface area contributed by atoms with Gasteiger partial charge in [0.1, 0.15) is 5.75 Å². The van der Waals surface area contributed by atoms with Crippen LogP contribution in [0.5, 0.6) is 23.0 Å². The molecule has 0 saturated carbocycles. The molecule has 4 nitrogen and oxygen atoms in total. The first-order valence-electron chi connectivity index (χ1n) is 6.44. The van der Waals surface area contributed by atoms with Gasteiger partial charge in [-0.05, 0) is 47.7 Å². The van der Waals surface area contributed by atoms with Crippen LogP contribution in [0.2, 0.25) is 0 Å². The molecule has 4 heteroatoms. The highest BCUT2D eigenvalue weighted by Gasteiger charge is 2.25. The number of methoxy groups -OCH3 is 2. The molecule has 1 aliphatic carbocycles. The smallest absolute Gasteiger partial charge is 0.203 e.